The van der Waals surface area contributed by atoms with E-state index in [1.807, 2.05) is 38.1 Å². The Morgan fingerprint density at radius 3 is 2.91 bits per heavy atom. The minimum absolute atomic E-state index is 0.154. The smallest absolute Gasteiger partial charge is 0.276 e. The van der Waals surface area contributed by atoms with E-state index in [4.69, 9.17) is 9.15 Å². The van der Waals surface area contributed by atoms with Crippen molar-refractivity contribution < 1.29 is 18.7 Å². The maximum Gasteiger partial charge on any atom is 0.276 e. The van der Waals surface area contributed by atoms with E-state index in [-0.39, 0.29) is 18.4 Å². The van der Waals surface area contributed by atoms with Crippen LogP contribution in [0.4, 0.5) is 0 Å². The lowest BCUT2D eigenvalue weighted by Gasteiger charge is -2.23. The van der Waals surface area contributed by atoms with Gasteiger partial charge in [0.2, 0.25) is 0 Å². The largest absolute Gasteiger partial charge is 0.443 e. The summed E-state index contributed by atoms with van der Waals surface area (Å²) in [4.78, 5) is 37.4. The normalized spacial score (nSPS) is 15.8. The second-order valence-corrected chi connectivity index (χ2v) is 9.02. The Labute approximate surface area is 194 Å². The molecule has 0 saturated carbocycles. The first kappa shape index (κ1) is 21.3. The summed E-state index contributed by atoms with van der Waals surface area (Å²) in [6.07, 6.45) is 0.731. The van der Waals surface area contributed by atoms with Crippen molar-refractivity contribution in [3.8, 4) is 10.4 Å². The molecule has 1 fully saturated rings. The fraction of sp³-hybridized carbons (Fsp3) is 0.250. The lowest BCUT2D eigenvalue weighted by Crippen LogP contribution is -2.44. The number of carbonyl (C=O) groups excluding carboxylic acids is 2. The Morgan fingerprint density at radius 1 is 1.21 bits per heavy atom. The predicted octanol–water partition coefficient (Wildman–Crippen LogP) is 3.80. The molecule has 1 atom stereocenters. The summed E-state index contributed by atoms with van der Waals surface area (Å²) in [6, 6.07) is 13.2. The predicted molar refractivity (Wildman–Crippen MR) is 124 cm³/mol. The van der Waals surface area contributed by atoms with Crippen molar-refractivity contribution in [3.05, 3.63) is 70.7 Å². The molecular weight excluding hydrogens is 440 g/mol. The number of carbonyl (C=O) groups is 2. The molecule has 9 heteroatoms. The Balaban J connectivity index is 1.34. The van der Waals surface area contributed by atoms with Gasteiger partial charge in [-0.15, -0.1) is 11.3 Å². The van der Waals surface area contributed by atoms with E-state index in [1.165, 1.54) is 17.7 Å². The molecule has 168 valence electrons. The quantitative estimate of drug-likeness (QED) is 0.485. The number of thiazole rings is 1. The van der Waals surface area contributed by atoms with Gasteiger partial charge in [0.1, 0.15) is 17.4 Å². The van der Waals surface area contributed by atoms with Crippen LogP contribution in [0.15, 0.2) is 53.3 Å². The molecule has 1 aliphatic heterocycles. The minimum atomic E-state index is -0.578. The van der Waals surface area contributed by atoms with Crippen LogP contribution >= 0.6 is 11.3 Å². The summed E-state index contributed by atoms with van der Waals surface area (Å²) < 4.78 is 11.0. The molecule has 1 aliphatic rings. The molecule has 0 bridgehead atoms. The average molecular weight is 463 g/mol. The molecule has 2 aromatic carbocycles. The fourth-order valence-electron chi connectivity index (χ4n) is 3.96. The summed E-state index contributed by atoms with van der Waals surface area (Å²) in [5.41, 5.74) is 3.94. The van der Waals surface area contributed by atoms with Gasteiger partial charge in [0.25, 0.3) is 11.8 Å². The molecular formula is C24H22N4O4S. The highest BCUT2D eigenvalue weighted by atomic mass is 32.1. The van der Waals surface area contributed by atoms with Gasteiger partial charge in [0.15, 0.2) is 12.0 Å². The van der Waals surface area contributed by atoms with Gasteiger partial charge in [0.05, 0.1) is 28.6 Å². The molecule has 1 N–H and O–H groups in total. The van der Waals surface area contributed by atoms with Crippen molar-refractivity contribution in [1.29, 1.82) is 0 Å². The number of para-hydroxylation sites is 1. The van der Waals surface area contributed by atoms with Crippen molar-refractivity contribution in [1.82, 2.24) is 20.2 Å². The van der Waals surface area contributed by atoms with Crippen molar-refractivity contribution in [2.45, 2.75) is 20.1 Å². The van der Waals surface area contributed by atoms with E-state index in [0.29, 0.717) is 35.5 Å². The van der Waals surface area contributed by atoms with E-state index in [1.54, 1.807) is 23.1 Å². The highest BCUT2D eigenvalue weighted by Gasteiger charge is 2.33. The molecule has 1 saturated heterocycles. The summed E-state index contributed by atoms with van der Waals surface area (Å²) in [7, 11) is 0. The molecule has 3 heterocycles. The van der Waals surface area contributed by atoms with Crippen LogP contribution in [0.3, 0.4) is 0 Å². The van der Waals surface area contributed by atoms with Crippen LogP contribution in [0, 0.1) is 13.8 Å². The minimum Gasteiger partial charge on any atom is -0.443 e. The molecule has 8 nitrogen and oxygen atoms in total. The second-order valence-electron chi connectivity index (χ2n) is 7.82. The van der Waals surface area contributed by atoms with Crippen LogP contribution in [-0.2, 0) is 4.74 Å². The van der Waals surface area contributed by atoms with Crippen molar-refractivity contribution in [2.24, 2.45) is 0 Å². The first-order valence-corrected chi connectivity index (χ1v) is 11.4. The van der Waals surface area contributed by atoms with Gasteiger partial charge in [0, 0.05) is 6.54 Å². The lowest BCUT2D eigenvalue weighted by molar-refractivity contribution is 0.0277. The summed E-state index contributed by atoms with van der Waals surface area (Å²) >= 11 is 1.50. The van der Waals surface area contributed by atoms with Crippen LogP contribution in [0.1, 0.15) is 31.4 Å². The molecule has 4 aromatic rings. The van der Waals surface area contributed by atoms with Gasteiger partial charge >= 0.3 is 0 Å². The van der Waals surface area contributed by atoms with Crippen LogP contribution in [-0.4, -0.2) is 52.6 Å². The molecule has 0 radical (unpaired) electrons. The van der Waals surface area contributed by atoms with Gasteiger partial charge in [-0.2, -0.15) is 0 Å². The highest BCUT2D eigenvalue weighted by molar-refractivity contribution is 7.15. The highest BCUT2D eigenvalue weighted by Crippen LogP contribution is 2.32. The Hall–Kier alpha value is -3.56. The van der Waals surface area contributed by atoms with Crippen molar-refractivity contribution >= 4 is 34.3 Å². The summed E-state index contributed by atoms with van der Waals surface area (Å²) in [5.74, 6) is -0.506. The molecule has 5 rings (SSSR count). The zero-order valence-electron chi connectivity index (χ0n) is 18.2. The van der Waals surface area contributed by atoms with E-state index >= 15 is 0 Å². The van der Waals surface area contributed by atoms with E-state index in [0.717, 1.165) is 21.0 Å². The number of hydrogen-bond donors (Lipinski definition) is 1. The van der Waals surface area contributed by atoms with E-state index < -0.39 is 6.23 Å². The number of nitrogens with zero attached hydrogens (tertiary/aromatic N) is 3. The first-order chi connectivity index (χ1) is 16.0. The standard InChI is InChI=1S/C24H22N4O4S/c1-14-5-3-6-16(11-14)22-21(27-15(2)33-22)24(30)28-9-10-31-19(28)12-25-23(29)17-7-4-8-18-20(17)26-13-32-18/h3-8,11,13,19H,9-10,12H2,1-2H3,(H,25,29). The molecule has 2 aromatic heterocycles. The third kappa shape index (κ3) is 4.12. The zero-order valence-corrected chi connectivity index (χ0v) is 19.0. The number of nitrogens with one attached hydrogen (secondary N) is 1. The lowest BCUT2D eigenvalue weighted by atomic mass is 10.1. The van der Waals surface area contributed by atoms with Crippen LogP contribution in [0.5, 0.6) is 0 Å². The molecule has 0 aliphatic carbocycles. The molecule has 0 spiro atoms. The van der Waals surface area contributed by atoms with Gasteiger partial charge < -0.3 is 19.4 Å². The van der Waals surface area contributed by atoms with Gasteiger partial charge in [-0.1, -0.05) is 35.9 Å². The number of ether oxygens (including phenoxy) is 1. The zero-order chi connectivity index (χ0) is 22.9. The third-order valence-electron chi connectivity index (χ3n) is 5.51. The molecule has 33 heavy (non-hydrogen) atoms. The molecule has 2 amide bonds. The van der Waals surface area contributed by atoms with Gasteiger partial charge in [-0.3, -0.25) is 9.59 Å². The van der Waals surface area contributed by atoms with Crippen LogP contribution in [0.2, 0.25) is 0 Å². The second kappa shape index (κ2) is 8.76. The Kier molecular flexibility index (Phi) is 5.65. The fourth-order valence-corrected chi connectivity index (χ4v) is 4.86. The number of fused-ring (bicyclic) bond motifs is 1. The number of aromatic nitrogens is 2. The van der Waals surface area contributed by atoms with Crippen LogP contribution in [0.25, 0.3) is 21.5 Å². The van der Waals surface area contributed by atoms with Gasteiger partial charge in [-0.05, 0) is 31.5 Å². The number of rotatable bonds is 5. The number of aryl methyl sites for hydroxylation is 2. The summed E-state index contributed by atoms with van der Waals surface area (Å²) in [5, 5.41) is 3.68. The Bertz CT molecular complexity index is 1350. The average Bonchev–Trinajstić information content (AvgIpc) is 3.55. The third-order valence-corrected chi connectivity index (χ3v) is 6.53. The first-order valence-electron chi connectivity index (χ1n) is 10.6. The van der Waals surface area contributed by atoms with E-state index in [9.17, 15) is 9.59 Å². The van der Waals surface area contributed by atoms with Gasteiger partial charge in [-0.25, -0.2) is 9.97 Å². The van der Waals surface area contributed by atoms with Crippen LogP contribution < -0.4 is 5.32 Å². The number of oxazole rings is 1. The van der Waals surface area contributed by atoms with Crippen molar-refractivity contribution in [3.63, 3.8) is 0 Å². The maximum absolute atomic E-state index is 13.5. The summed E-state index contributed by atoms with van der Waals surface area (Å²) in [6.45, 7) is 4.90. The SMILES string of the molecule is Cc1cccc(-c2sc(C)nc2C(=O)N2CCOC2CNC(=O)c2cccc3ocnc23)c1. The number of benzene rings is 2. The Morgan fingerprint density at radius 2 is 2.06 bits per heavy atom. The molecule has 1 unspecified atom stereocenters. The van der Waals surface area contributed by atoms with E-state index in [2.05, 4.69) is 15.3 Å². The maximum atomic E-state index is 13.5. The number of amides is 2. The monoisotopic (exact) mass is 462 g/mol. The van der Waals surface area contributed by atoms with Crippen molar-refractivity contribution in [2.75, 3.05) is 19.7 Å². The number of hydrogen-bond acceptors (Lipinski definition) is 7. The topological polar surface area (TPSA) is 97.6 Å².